The summed E-state index contributed by atoms with van der Waals surface area (Å²) < 4.78 is 24.2. The summed E-state index contributed by atoms with van der Waals surface area (Å²) in [4.78, 5) is 13.8. The Morgan fingerprint density at radius 2 is 2.11 bits per heavy atom. The highest BCUT2D eigenvalue weighted by molar-refractivity contribution is 5.87. The van der Waals surface area contributed by atoms with Gasteiger partial charge in [0.05, 0.1) is 25.7 Å². The van der Waals surface area contributed by atoms with E-state index in [2.05, 4.69) is 0 Å². The fourth-order valence-electron chi connectivity index (χ4n) is 3.35. The van der Waals surface area contributed by atoms with Crippen molar-refractivity contribution in [3.63, 3.8) is 0 Å². The Kier molecular flexibility index (Phi) is 2.18. The molecule has 4 nitrogen and oxygen atoms in total. The molecule has 0 N–H and O–H groups in total. The first-order valence-electron chi connectivity index (χ1n) is 6.44. The summed E-state index contributed by atoms with van der Waals surface area (Å²) in [6.07, 6.45) is -1.32. The van der Waals surface area contributed by atoms with Crippen molar-refractivity contribution in [1.82, 2.24) is 4.90 Å². The number of carbonyl (C=O) groups is 1. The number of methoxy groups -OCH3 is 1. The average Bonchev–Trinajstić information content (AvgIpc) is 2.82. The highest BCUT2D eigenvalue weighted by atomic mass is 19.1. The van der Waals surface area contributed by atoms with Crippen molar-refractivity contribution >= 4 is 5.91 Å². The molecule has 1 saturated carbocycles. The van der Waals surface area contributed by atoms with Crippen molar-refractivity contribution in [3.05, 3.63) is 29.8 Å². The summed E-state index contributed by atoms with van der Waals surface area (Å²) in [5.74, 6) is 0.115. The maximum absolute atomic E-state index is 13.4. The monoisotopic (exact) mass is 263 g/mol. The van der Waals surface area contributed by atoms with Crippen LogP contribution in [0.1, 0.15) is 11.8 Å². The molecule has 0 spiro atoms. The van der Waals surface area contributed by atoms with Crippen LogP contribution in [0.2, 0.25) is 0 Å². The number of halogens is 1. The summed E-state index contributed by atoms with van der Waals surface area (Å²) in [5, 5.41) is 0. The molecular formula is C14H14FNO3. The second kappa shape index (κ2) is 3.70. The van der Waals surface area contributed by atoms with E-state index in [-0.39, 0.29) is 24.1 Å². The number of rotatable bonds is 2. The van der Waals surface area contributed by atoms with Crippen LogP contribution >= 0.6 is 0 Å². The Hall–Kier alpha value is -1.62. The predicted octanol–water partition coefficient (Wildman–Crippen LogP) is 1.52. The maximum Gasteiger partial charge on any atom is 0.231 e. The summed E-state index contributed by atoms with van der Waals surface area (Å²) in [6, 6.07) is 7.36. The number of nitrogens with zero attached hydrogens (tertiary/aromatic N) is 1. The van der Waals surface area contributed by atoms with Gasteiger partial charge in [0.15, 0.2) is 6.23 Å². The molecule has 2 aliphatic heterocycles. The molecule has 100 valence electrons. The Balaban J connectivity index is 1.61. The zero-order chi connectivity index (χ0) is 13.1. The van der Waals surface area contributed by atoms with E-state index in [1.54, 1.807) is 12.0 Å². The number of alkyl halides is 1. The Bertz CT molecular complexity index is 532. The van der Waals surface area contributed by atoms with Crippen LogP contribution in [0.5, 0.6) is 5.75 Å². The highest BCUT2D eigenvalue weighted by Crippen LogP contribution is 2.57. The molecule has 1 aromatic rings. The van der Waals surface area contributed by atoms with E-state index in [4.69, 9.17) is 9.47 Å². The van der Waals surface area contributed by atoms with Gasteiger partial charge in [0, 0.05) is 11.5 Å². The number of benzene rings is 1. The minimum Gasteiger partial charge on any atom is -0.497 e. The van der Waals surface area contributed by atoms with Crippen LogP contribution in [-0.2, 0) is 9.53 Å². The van der Waals surface area contributed by atoms with Crippen LogP contribution in [0.4, 0.5) is 4.39 Å². The molecule has 1 aromatic carbocycles. The molecule has 4 rings (SSSR count). The fraction of sp³-hybridized carbons (Fsp3) is 0.500. The fourth-order valence-corrected chi connectivity index (χ4v) is 3.35. The Morgan fingerprint density at radius 3 is 2.79 bits per heavy atom. The standard InChI is InChI=1S/C14H14FNO3/c1-18-8-4-2-7(3-5-8)14-16-9(6-19-14)10-11(12(10)15)13(16)17/h2-5,9-12,14H,6H2,1H3. The van der Waals surface area contributed by atoms with E-state index in [0.29, 0.717) is 6.61 Å². The van der Waals surface area contributed by atoms with Gasteiger partial charge in [-0.2, -0.15) is 0 Å². The summed E-state index contributed by atoms with van der Waals surface area (Å²) in [6.45, 7) is 0.435. The summed E-state index contributed by atoms with van der Waals surface area (Å²) in [5.41, 5.74) is 0.911. The molecule has 0 radical (unpaired) electrons. The normalized spacial score (nSPS) is 39.2. The van der Waals surface area contributed by atoms with Crippen LogP contribution < -0.4 is 4.74 Å². The topological polar surface area (TPSA) is 38.8 Å². The number of fused-ring (bicyclic) bond motifs is 3. The van der Waals surface area contributed by atoms with Gasteiger partial charge in [-0.15, -0.1) is 0 Å². The molecule has 5 unspecified atom stereocenters. The number of hydrogen-bond acceptors (Lipinski definition) is 3. The number of ether oxygens (including phenoxy) is 2. The van der Waals surface area contributed by atoms with Gasteiger partial charge in [-0.1, -0.05) is 12.1 Å². The zero-order valence-corrected chi connectivity index (χ0v) is 10.5. The van der Waals surface area contributed by atoms with Crippen molar-refractivity contribution in [1.29, 1.82) is 0 Å². The van der Waals surface area contributed by atoms with Gasteiger partial charge >= 0.3 is 0 Å². The van der Waals surface area contributed by atoms with Crippen LogP contribution in [0.25, 0.3) is 0 Å². The first kappa shape index (κ1) is 11.2. The molecule has 1 amide bonds. The van der Waals surface area contributed by atoms with Gasteiger partial charge < -0.3 is 14.4 Å². The van der Waals surface area contributed by atoms with Gasteiger partial charge in [0.25, 0.3) is 0 Å². The van der Waals surface area contributed by atoms with Crippen molar-refractivity contribution in [2.75, 3.05) is 13.7 Å². The molecule has 0 bridgehead atoms. The third kappa shape index (κ3) is 1.39. The molecule has 5 heteroatoms. The number of piperidine rings is 1. The van der Waals surface area contributed by atoms with Gasteiger partial charge in [-0.3, -0.25) is 4.79 Å². The van der Waals surface area contributed by atoms with Gasteiger partial charge in [0.1, 0.15) is 11.9 Å². The van der Waals surface area contributed by atoms with Crippen LogP contribution in [0, 0.1) is 11.8 Å². The van der Waals surface area contributed by atoms with Crippen molar-refractivity contribution in [3.8, 4) is 5.75 Å². The lowest BCUT2D eigenvalue weighted by Gasteiger charge is -2.25. The smallest absolute Gasteiger partial charge is 0.231 e. The Morgan fingerprint density at radius 1 is 1.37 bits per heavy atom. The molecule has 2 saturated heterocycles. The van der Waals surface area contributed by atoms with E-state index >= 15 is 0 Å². The number of hydrogen-bond donors (Lipinski definition) is 0. The first-order chi connectivity index (χ1) is 9.22. The molecule has 19 heavy (non-hydrogen) atoms. The van der Waals surface area contributed by atoms with Crippen LogP contribution in [0.3, 0.4) is 0 Å². The Labute approximate surface area is 110 Å². The highest BCUT2D eigenvalue weighted by Gasteiger charge is 2.70. The van der Waals surface area contributed by atoms with E-state index < -0.39 is 12.1 Å². The van der Waals surface area contributed by atoms with Crippen molar-refractivity contribution < 1.29 is 18.7 Å². The molecule has 0 aromatic heterocycles. The van der Waals surface area contributed by atoms with E-state index in [1.165, 1.54) is 0 Å². The van der Waals surface area contributed by atoms with Crippen molar-refractivity contribution in [2.45, 2.75) is 18.4 Å². The van der Waals surface area contributed by atoms with E-state index in [9.17, 15) is 9.18 Å². The number of carbonyl (C=O) groups excluding carboxylic acids is 1. The lowest BCUT2D eigenvalue weighted by atomic mass is 10.1. The quantitative estimate of drug-likeness (QED) is 0.812. The largest absolute Gasteiger partial charge is 0.497 e. The lowest BCUT2D eigenvalue weighted by Crippen LogP contribution is -2.36. The molecule has 5 atom stereocenters. The second-order valence-electron chi connectivity index (χ2n) is 5.32. The summed E-state index contributed by atoms with van der Waals surface area (Å²) >= 11 is 0. The third-order valence-corrected chi connectivity index (χ3v) is 4.40. The average molecular weight is 263 g/mol. The van der Waals surface area contributed by atoms with E-state index in [1.807, 2.05) is 24.3 Å². The predicted molar refractivity (Wildman–Crippen MR) is 64.2 cm³/mol. The molecular weight excluding hydrogens is 249 g/mol. The van der Waals surface area contributed by atoms with Gasteiger partial charge in [-0.05, 0) is 12.1 Å². The second-order valence-corrected chi connectivity index (χ2v) is 5.32. The molecule has 3 aliphatic rings. The molecule has 3 fully saturated rings. The molecule has 2 heterocycles. The number of amides is 1. The minimum atomic E-state index is -0.952. The lowest BCUT2D eigenvalue weighted by molar-refractivity contribution is -0.137. The van der Waals surface area contributed by atoms with Gasteiger partial charge in [0.2, 0.25) is 5.91 Å². The van der Waals surface area contributed by atoms with E-state index in [0.717, 1.165) is 11.3 Å². The third-order valence-electron chi connectivity index (χ3n) is 4.40. The van der Waals surface area contributed by atoms with Crippen LogP contribution in [-0.4, -0.2) is 36.7 Å². The molecule has 1 aliphatic carbocycles. The maximum atomic E-state index is 13.4. The van der Waals surface area contributed by atoms with Crippen molar-refractivity contribution in [2.24, 2.45) is 11.8 Å². The SMILES string of the molecule is COc1ccc(C2OCC3C4C(F)C4C(=O)N23)cc1. The van der Waals surface area contributed by atoms with Gasteiger partial charge in [-0.25, -0.2) is 4.39 Å². The first-order valence-corrected chi connectivity index (χ1v) is 6.44. The van der Waals surface area contributed by atoms with Crippen LogP contribution in [0.15, 0.2) is 24.3 Å². The minimum absolute atomic E-state index is 0.0837. The summed E-state index contributed by atoms with van der Waals surface area (Å²) in [7, 11) is 1.61. The zero-order valence-electron chi connectivity index (χ0n) is 10.5.